The lowest BCUT2D eigenvalue weighted by Crippen LogP contribution is -2.20. The minimum Gasteiger partial charge on any atom is -0.211 e. The fourth-order valence-corrected chi connectivity index (χ4v) is 1.43. The molecule has 1 atom stereocenters. The van der Waals surface area contributed by atoms with Crippen LogP contribution in [-0.4, -0.2) is 17.7 Å². The smallest absolute Gasteiger partial charge is 0.211 e. The number of hydrogen-bond acceptors (Lipinski definition) is 4. The zero-order valence-corrected chi connectivity index (χ0v) is 8.07. The lowest BCUT2D eigenvalue weighted by molar-refractivity contribution is 0.535. The van der Waals surface area contributed by atoms with Gasteiger partial charge in [0.1, 0.15) is 0 Å². The molecular weight excluding hydrogens is 180 g/mol. The molecule has 4 nitrogen and oxygen atoms in total. The van der Waals surface area contributed by atoms with E-state index in [4.69, 9.17) is 0 Å². The minimum absolute atomic E-state index is 0.542. The van der Waals surface area contributed by atoms with E-state index in [-0.39, 0.29) is 0 Å². The van der Waals surface area contributed by atoms with Crippen molar-refractivity contribution in [3.63, 3.8) is 0 Å². The zero-order chi connectivity index (χ0) is 10.6. The van der Waals surface area contributed by atoms with Crippen molar-refractivity contribution in [3.05, 3.63) is 23.4 Å². The van der Waals surface area contributed by atoms with Crippen molar-refractivity contribution in [2.75, 3.05) is 0 Å². The SMILES string of the molecule is CC1=CC(C)(N=C=O)CC=C1N=C=O. The second-order valence-electron chi connectivity index (χ2n) is 3.38. The molecule has 72 valence electrons. The van der Waals surface area contributed by atoms with Crippen molar-refractivity contribution in [3.8, 4) is 0 Å². The van der Waals surface area contributed by atoms with Gasteiger partial charge >= 0.3 is 0 Å². The normalized spacial score (nSPS) is 25.3. The predicted molar refractivity (Wildman–Crippen MR) is 51.1 cm³/mol. The van der Waals surface area contributed by atoms with Crippen molar-refractivity contribution < 1.29 is 9.59 Å². The van der Waals surface area contributed by atoms with Gasteiger partial charge in [-0.05, 0) is 25.8 Å². The predicted octanol–water partition coefficient (Wildman–Crippen LogP) is 1.65. The Morgan fingerprint density at radius 1 is 1.43 bits per heavy atom. The summed E-state index contributed by atoms with van der Waals surface area (Å²) in [6, 6.07) is 0. The summed E-state index contributed by atoms with van der Waals surface area (Å²) >= 11 is 0. The molecule has 0 N–H and O–H groups in total. The van der Waals surface area contributed by atoms with E-state index in [0.717, 1.165) is 5.57 Å². The van der Waals surface area contributed by atoms with Crippen LogP contribution in [0.5, 0.6) is 0 Å². The van der Waals surface area contributed by atoms with Crippen molar-refractivity contribution in [2.45, 2.75) is 25.8 Å². The summed E-state index contributed by atoms with van der Waals surface area (Å²) < 4.78 is 0. The van der Waals surface area contributed by atoms with Crippen LogP contribution < -0.4 is 0 Å². The third kappa shape index (κ3) is 2.13. The lowest BCUT2D eigenvalue weighted by Gasteiger charge is -2.22. The highest BCUT2D eigenvalue weighted by atomic mass is 16.1. The van der Waals surface area contributed by atoms with Crippen LogP contribution in [0.4, 0.5) is 0 Å². The van der Waals surface area contributed by atoms with Gasteiger partial charge in [-0.1, -0.05) is 12.2 Å². The Hall–Kier alpha value is -1.76. The molecule has 0 bridgehead atoms. The highest BCUT2D eigenvalue weighted by Crippen LogP contribution is 2.28. The first-order valence-electron chi connectivity index (χ1n) is 4.18. The average molecular weight is 190 g/mol. The molecule has 0 aliphatic heterocycles. The number of carbonyl (C=O) groups excluding carboxylic acids is 2. The largest absolute Gasteiger partial charge is 0.240 e. The van der Waals surface area contributed by atoms with Gasteiger partial charge in [-0.25, -0.2) is 9.59 Å². The summed E-state index contributed by atoms with van der Waals surface area (Å²) in [5, 5.41) is 0. The van der Waals surface area contributed by atoms with Crippen LogP contribution >= 0.6 is 0 Å². The Bertz CT molecular complexity index is 396. The van der Waals surface area contributed by atoms with Crippen molar-refractivity contribution in [1.82, 2.24) is 0 Å². The maximum atomic E-state index is 10.2. The van der Waals surface area contributed by atoms with Crippen LogP contribution in [0.25, 0.3) is 0 Å². The Kier molecular flexibility index (Phi) is 2.92. The van der Waals surface area contributed by atoms with Gasteiger partial charge in [-0.15, -0.1) is 0 Å². The van der Waals surface area contributed by atoms with Crippen LogP contribution in [0, 0.1) is 0 Å². The van der Waals surface area contributed by atoms with E-state index in [1.165, 1.54) is 12.2 Å². The third-order valence-electron chi connectivity index (χ3n) is 2.11. The second-order valence-corrected chi connectivity index (χ2v) is 3.38. The summed E-state index contributed by atoms with van der Waals surface area (Å²) in [4.78, 5) is 27.5. The molecule has 1 aliphatic carbocycles. The van der Waals surface area contributed by atoms with Gasteiger partial charge in [-0.2, -0.15) is 9.98 Å². The molecule has 0 saturated carbocycles. The number of aliphatic imine (C=N–C) groups is 2. The number of hydrogen-bond donors (Lipinski definition) is 0. The fraction of sp³-hybridized carbons (Fsp3) is 0.400. The Labute approximate surface area is 81.8 Å². The number of isocyanates is 2. The quantitative estimate of drug-likeness (QED) is 0.491. The molecule has 0 fully saturated rings. The molecule has 0 heterocycles. The van der Waals surface area contributed by atoms with Gasteiger partial charge < -0.3 is 0 Å². The zero-order valence-electron chi connectivity index (χ0n) is 8.07. The standard InChI is InChI=1S/C10H10N2O2/c1-8-5-10(2,12-7-14)4-3-9(8)11-6-13/h3,5H,4H2,1-2H3. The van der Waals surface area contributed by atoms with Crippen LogP contribution in [0.1, 0.15) is 20.3 Å². The molecule has 0 spiro atoms. The number of nitrogens with zero attached hydrogens (tertiary/aromatic N) is 2. The van der Waals surface area contributed by atoms with Gasteiger partial charge in [0.2, 0.25) is 12.2 Å². The Morgan fingerprint density at radius 2 is 2.14 bits per heavy atom. The molecule has 0 aromatic heterocycles. The molecule has 1 rings (SSSR count). The van der Waals surface area contributed by atoms with Gasteiger partial charge in [0.15, 0.2) is 0 Å². The first-order valence-corrected chi connectivity index (χ1v) is 4.18. The van der Waals surface area contributed by atoms with E-state index < -0.39 is 5.54 Å². The molecule has 0 saturated heterocycles. The van der Waals surface area contributed by atoms with Crippen LogP contribution in [0.15, 0.2) is 33.4 Å². The third-order valence-corrected chi connectivity index (χ3v) is 2.11. The van der Waals surface area contributed by atoms with Crippen LogP contribution in [0.3, 0.4) is 0 Å². The van der Waals surface area contributed by atoms with Crippen molar-refractivity contribution in [2.24, 2.45) is 9.98 Å². The molecule has 4 heteroatoms. The van der Waals surface area contributed by atoms with E-state index in [9.17, 15) is 9.59 Å². The number of allylic oxidation sites excluding steroid dienone is 1. The van der Waals surface area contributed by atoms with Crippen LogP contribution in [-0.2, 0) is 9.59 Å². The van der Waals surface area contributed by atoms with E-state index in [1.54, 1.807) is 12.2 Å². The first kappa shape index (κ1) is 10.3. The van der Waals surface area contributed by atoms with Crippen molar-refractivity contribution in [1.29, 1.82) is 0 Å². The fourth-order valence-electron chi connectivity index (χ4n) is 1.43. The molecule has 0 amide bonds. The monoisotopic (exact) mass is 190 g/mol. The maximum Gasteiger partial charge on any atom is 0.240 e. The minimum atomic E-state index is -0.548. The lowest BCUT2D eigenvalue weighted by atomic mass is 9.89. The molecule has 1 aliphatic rings. The topological polar surface area (TPSA) is 58.9 Å². The highest BCUT2D eigenvalue weighted by molar-refractivity contribution is 5.46. The van der Waals surface area contributed by atoms with E-state index in [1.807, 2.05) is 13.8 Å². The van der Waals surface area contributed by atoms with Crippen molar-refractivity contribution >= 4 is 12.2 Å². The van der Waals surface area contributed by atoms with Crippen LogP contribution in [0.2, 0.25) is 0 Å². The Balaban J connectivity index is 3.02. The van der Waals surface area contributed by atoms with Gasteiger partial charge in [0, 0.05) is 0 Å². The molecule has 0 aromatic carbocycles. The molecule has 0 radical (unpaired) electrons. The highest BCUT2D eigenvalue weighted by Gasteiger charge is 2.24. The van der Waals surface area contributed by atoms with E-state index >= 15 is 0 Å². The molecule has 0 aromatic rings. The van der Waals surface area contributed by atoms with E-state index in [0.29, 0.717) is 12.1 Å². The van der Waals surface area contributed by atoms with E-state index in [2.05, 4.69) is 9.98 Å². The molecule has 1 unspecified atom stereocenters. The molecular formula is C10H10N2O2. The second kappa shape index (κ2) is 3.97. The first-order chi connectivity index (χ1) is 6.61. The summed E-state index contributed by atoms with van der Waals surface area (Å²) in [5.74, 6) is 0. The van der Waals surface area contributed by atoms with Gasteiger partial charge in [0.05, 0.1) is 11.2 Å². The summed E-state index contributed by atoms with van der Waals surface area (Å²) in [5.41, 5.74) is 0.868. The summed E-state index contributed by atoms with van der Waals surface area (Å²) in [7, 11) is 0. The maximum absolute atomic E-state index is 10.2. The summed E-state index contributed by atoms with van der Waals surface area (Å²) in [6.07, 6.45) is 7.13. The van der Waals surface area contributed by atoms with Gasteiger partial charge in [0.25, 0.3) is 0 Å². The molecule has 14 heavy (non-hydrogen) atoms. The van der Waals surface area contributed by atoms with Gasteiger partial charge in [-0.3, -0.25) is 0 Å². The number of rotatable bonds is 2. The summed E-state index contributed by atoms with van der Waals surface area (Å²) in [6.45, 7) is 3.63. The Morgan fingerprint density at radius 3 is 2.64 bits per heavy atom. The average Bonchev–Trinajstić information content (AvgIpc) is 2.10.